The minimum absolute atomic E-state index is 0.149. The summed E-state index contributed by atoms with van der Waals surface area (Å²) in [5.41, 5.74) is 0. The van der Waals surface area contributed by atoms with Gasteiger partial charge in [-0.25, -0.2) is 4.79 Å². The van der Waals surface area contributed by atoms with Crippen molar-refractivity contribution in [2.24, 2.45) is 0 Å². The van der Waals surface area contributed by atoms with Crippen LogP contribution in [0.2, 0.25) is 10.0 Å². The second-order valence-electron chi connectivity index (χ2n) is 3.45. The lowest BCUT2D eigenvalue weighted by Gasteiger charge is -2.15. The normalized spacial score (nSPS) is 11.9. The van der Waals surface area contributed by atoms with Crippen molar-refractivity contribution >= 4 is 35.1 Å². The molecule has 0 saturated heterocycles. The molecule has 0 fully saturated rings. The van der Waals surface area contributed by atoms with E-state index in [0.29, 0.717) is 5.02 Å². The van der Waals surface area contributed by atoms with Crippen LogP contribution in [0.4, 0.5) is 0 Å². The van der Waals surface area contributed by atoms with Crippen LogP contribution in [0, 0.1) is 0 Å². The van der Waals surface area contributed by atoms with E-state index < -0.39 is 18.0 Å². The van der Waals surface area contributed by atoms with Crippen molar-refractivity contribution in [2.75, 3.05) is 0 Å². The quantitative estimate of drug-likeness (QED) is 0.842. The second-order valence-corrected chi connectivity index (χ2v) is 4.30. The molecule has 0 spiro atoms. The predicted molar refractivity (Wildman–Crippen MR) is 65.4 cm³/mol. The Bertz CT molecular complexity index is 461. The minimum Gasteiger partial charge on any atom is -0.481 e. The van der Waals surface area contributed by atoms with E-state index in [4.69, 9.17) is 38.2 Å². The zero-order valence-electron chi connectivity index (χ0n) is 9.10. The van der Waals surface area contributed by atoms with Gasteiger partial charge in [0.2, 0.25) is 0 Å². The first kappa shape index (κ1) is 14.6. The Morgan fingerprint density at radius 1 is 1.28 bits per heavy atom. The summed E-state index contributed by atoms with van der Waals surface area (Å²) in [6.45, 7) is 0. The van der Waals surface area contributed by atoms with E-state index in [0.717, 1.165) is 0 Å². The number of hydrogen-bond donors (Lipinski definition) is 2. The van der Waals surface area contributed by atoms with Crippen LogP contribution in [0.5, 0.6) is 5.75 Å². The van der Waals surface area contributed by atoms with Gasteiger partial charge in [0.05, 0.1) is 5.02 Å². The third kappa shape index (κ3) is 4.43. The molecule has 1 unspecified atom stereocenters. The highest BCUT2D eigenvalue weighted by Crippen LogP contribution is 2.28. The van der Waals surface area contributed by atoms with Crippen LogP contribution in [0.25, 0.3) is 0 Å². The Labute approximate surface area is 113 Å². The van der Waals surface area contributed by atoms with Crippen molar-refractivity contribution in [2.45, 2.75) is 18.9 Å². The lowest BCUT2D eigenvalue weighted by molar-refractivity contribution is -0.146. The summed E-state index contributed by atoms with van der Waals surface area (Å²) in [6.07, 6.45) is -1.72. The molecule has 2 N–H and O–H groups in total. The fourth-order valence-electron chi connectivity index (χ4n) is 1.21. The zero-order chi connectivity index (χ0) is 13.7. The molecule has 0 aromatic heterocycles. The first-order chi connectivity index (χ1) is 8.40. The maximum atomic E-state index is 10.9. The minimum atomic E-state index is -1.26. The summed E-state index contributed by atoms with van der Waals surface area (Å²) in [6, 6.07) is 4.34. The molecule has 1 rings (SSSR count). The standard InChI is InChI=1S/C11H10Cl2O5/c12-6-1-2-8(7(13)5-6)18-9(11(16)17)3-4-10(14)15/h1-2,5,9H,3-4H2,(H,14,15)(H,16,17). The molecule has 0 aliphatic heterocycles. The van der Waals surface area contributed by atoms with Crippen LogP contribution in [-0.4, -0.2) is 28.3 Å². The number of carboxylic acids is 2. The van der Waals surface area contributed by atoms with Gasteiger partial charge < -0.3 is 14.9 Å². The van der Waals surface area contributed by atoms with Crippen molar-refractivity contribution in [3.63, 3.8) is 0 Å². The number of ether oxygens (including phenoxy) is 1. The van der Waals surface area contributed by atoms with Crippen LogP contribution in [-0.2, 0) is 9.59 Å². The Morgan fingerprint density at radius 3 is 2.44 bits per heavy atom. The average Bonchev–Trinajstić information content (AvgIpc) is 2.26. The SMILES string of the molecule is O=C(O)CCC(Oc1ccc(Cl)cc1Cl)C(=O)O. The van der Waals surface area contributed by atoms with Gasteiger partial charge in [-0.2, -0.15) is 0 Å². The molecular formula is C11H10Cl2O5. The number of carboxylic acid groups (broad SMARTS) is 2. The van der Waals surface area contributed by atoms with Crippen molar-refractivity contribution < 1.29 is 24.5 Å². The molecule has 0 heterocycles. The van der Waals surface area contributed by atoms with Gasteiger partial charge in [0, 0.05) is 17.9 Å². The van der Waals surface area contributed by atoms with Crippen LogP contribution >= 0.6 is 23.2 Å². The monoisotopic (exact) mass is 292 g/mol. The molecule has 18 heavy (non-hydrogen) atoms. The first-order valence-electron chi connectivity index (χ1n) is 4.96. The molecule has 0 radical (unpaired) electrons. The topological polar surface area (TPSA) is 83.8 Å². The van der Waals surface area contributed by atoms with Crippen molar-refractivity contribution in [3.05, 3.63) is 28.2 Å². The number of halogens is 2. The molecule has 0 amide bonds. The molecule has 0 aliphatic carbocycles. The second kappa shape index (κ2) is 6.47. The number of benzene rings is 1. The van der Waals surface area contributed by atoms with E-state index in [1.54, 1.807) is 0 Å². The van der Waals surface area contributed by atoms with E-state index in [9.17, 15) is 9.59 Å². The summed E-state index contributed by atoms with van der Waals surface area (Å²) < 4.78 is 5.16. The van der Waals surface area contributed by atoms with Gasteiger partial charge in [-0.1, -0.05) is 23.2 Å². The number of hydrogen-bond acceptors (Lipinski definition) is 3. The lowest BCUT2D eigenvalue weighted by Crippen LogP contribution is -2.27. The van der Waals surface area contributed by atoms with Gasteiger partial charge in [-0.05, 0) is 18.2 Å². The van der Waals surface area contributed by atoms with E-state index in [-0.39, 0.29) is 23.6 Å². The molecule has 7 heteroatoms. The smallest absolute Gasteiger partial charge is 0.344 e. The fourth-order valence-corrected chi connectivity index (χ4v) is 1.66. The van der Waals surface area contributed by atoms with Crippen LogP contribution < -0.4 is 4.74 Å². The van der Waals surface area contributed by atoms with E-state index >= 15 is 0 Å². The third-order valence-electron chi connectivity index (χ3n) is 2.06. The molecule has 98 valence electrons. The average molecular weight is 293 g/mol. The zero-order valence-corrected chi connectivity index (χ0v) is 10.6. The van der Waals surface area contributed by atoms with Gasteiger partial charge in [-0.3, -0.25) is 4.79 Å². The molecular weight excluding hydrogens is 283 g/mol. The highest BCUT2D eigenvalue weighted by Gasteiger charge is 2.21. The Kier molecular flexibility index (Phi) is 5.25. The van der Waals surface area contributed by atoms with Gasteiger partial charge >= 0.3 is 11.9 Å². The summed E-state index contributed by atoms with van der Waals surface area (Å²) >= 11 is 11.5. The molecule has 1 aromatic rings. The fraction of sp³-hybridized carbons (Fsp3) is 0.273. The van der Waals surface area contributed by atoms with Gasteiger partial charge in [0.15, 0.2) is 6.10 Å². The van der Waals surface area contributed by atoms with Crippen molar-refractivity contribution in [1.29, 1.82) is 0 Å². The summed E-state index contributed by atoms with van der Waals surface area (Å²) in [5.74, 6) is -2.19. The molecule has 5 nitrogen and oxygen atoms in total. The van der Waals surface area contributed by atoms with E-state index in [1.165, 1.54) is 18.2 Å². The predicted octanol–water partition coefficient (Wildman–Crippen LogP) is 2.69. The first-order valence-corrected chi connectivity index (χ1v) is 5.72. The Hall–Kier alpha value is -1.46. The maximum absolute atomic E-state index is 10.9. The number of rotatable bonds is 6. The third-order valence-corrected chi connectivity index (χ3v) is 2.59. The largest absolute Gasteiger partial charge is 0.481 e. The highest BCUT2D eigenvalue weighted by atomic mass is 35.5. The Morgan fingerprint density at radius 2 is 1.94 bits per heavy atom. The van der Waals surface area contributed by atoms with Gasteiger partial charge in [0.25, 0.3) is 0 Å². The lowest BCUT2D eigenvalue weighted by atomic mass is 10.2. The van der Waals surface area contributed by atoms with Crippen molar-refractivity contribution in [3.8, 4) is 5.75 Å². The Balaban J connectivity index is 2.76. The molecule has 1 atom stereocenters. The molecule has 1 aromatic carbocycles. The van der Waals surface area contributed by atoms with Crippen LogP contribution in [0.3, 0.4) is 0 Å². The van der Waals surface area contributed by atoms with E-state index in [1.807, 2.05) is 0 Å². The van der Waals surface area contributed by atoms with Crippen molar-refractivity contribution in [1.82, 2.24) is 0 Å². The molecule has 0 aliphatic rings. The summed E-state index contributed by atoms with van der Waals surface area (Å²) in [4.78, 5) is 21.3. The maximum Gasteiger partial charge on any atom is 0.344 e. The van der Waals surface area contributed by atoms with Gasteiger partial charge in [0.1, 0.15) is 5.75 Å². The highest BCUT2D eigenvalue weighted by molar-refractivity contribution is 6.35. The van der Waals surface area contributed by atoms with Gasteiger partial charge in [-0.15, -0.1) is 0 Å². The number of aliphatic carboxylic acids is 2. The number of carbonyl (C=O) groups is 2. The van der Waals surface area contributed by atoms with E-state index in [2.05, 4.69) is 0 Å². The molecule has 0 bridgehead atoms. The molecule has 0 saturated carbocycles. The summed E-state index contributed by atoms with van der Waals surface area (Å²) in [7, 11) is 0. The van der Waals surface area contributed by atoms with Crippen LogP contribution in [0.15, 0.2) is 18.2 Å². The van der Waals surface area contributed by atoms with Crippen LogP contribution in [0.1, 0.15) is 12.8 Å². The summed E-state index contributed by atoms with van der Waals surface area (Å²) in [5, 5.41) is 18.0.